The molecule has 3 N–H and O–H groups in total. The Bertz CT molecular complexity index is 635. The maximum atomic E-state index is 13.4. The van der Waals surface area contributed by atoms with Gasteiger partial charge in [0.1, 0.15) is 5.75 Å². The molecule has 0 bridgehead atoms. The predicted molar refractivity (Wildman–Crippen MR) is 89.5 cm³/mol. The number of alkyl halides is 2. The standard InChI is InChI=1S/C17H19ClF2N2O/c1-23-15-6-4-14(5-7-15)22-16(17(19)20)9-11-2-3-13(18)8-12(11)10-21/h2-8,16-17,22H,9-10,21H2,1H3. The Labute approximate surface area is 139 Å². The number of methoxy groups -OCH3 is 1. The third-order valence-corrected chi connectivity index (χ3v) is 3.81. The van der Waals surface area contributed by atoms with Crippen molar-refractivity contribution in [1.82, 2.24) is 0 Å². The Morgan fingerprint density at radius 2 is 1.83 bits per heavy atom. The summed E-state index contributed by atoms with van der Waals surface area (Å²) in [5.74, 6) is 0.673. The van der Waals surface area contributed by atoms with Crippen molar-refractivity contribution in [3.05, 3.63) is 58.6 Å². The highest BCUT2D eigenvalue weighted by Gasteiger charge is 2.21. The zero-order valence-corrected chi connectivity index (χ0v) is 13.5. The third kappa shape index (κ3) is 4.81. The zero-order chi connectivity index (χ0) is 16.8. The van der Waals surface area contributed by atoms with Crippen molar-refractivity contribution in [2.45, 2.75) is 25.4 Å². The molecule has 1 unspecified atom stereocenters. The van der Waals surface area contributed by atoms with Crippen molar-refractivity contribution >= 4 is 17.3 Å². The number of rotatable bonds is 7. The predicted octanol–water partition coefficient (Wildman–Crippen LogP) is 4.10. The number of nitrogens with two attached hydrogens (primary N) is 1. The molecule has 0 aliphatic carbocycles. The molecule has 2 aromatic rings. The van der Waals surface area contributed by atoms with Crippen LogP contribution in [0.25, 0.3) is 0 Å². The average Bonchev–Trinajstić information content (AvgIpc) is 2.56. The lowest BCUT2D eigenvalue weighted by Crippen LogP contribution is -2.30. The number of ether oxygens (including phenoxy) is 1. The molecule has 2 rings (SSSR count). The van der Waals surface area contributed by atoms with E-state index in [0.717, 1.165) is 11.1 Å². The molecule has 2 aromatic carbocycles. The van der Waals surface area contributed by atoms with Crippen LogP contribution in [0.1, 0.15) is 11.1 Å². The third-order valence-electron chi connectivity index (χ3n) is 3.57. The van der Waals surface area contributed by atoms with Crippen LogP contribution in [-0.4, -0.2) is 19.6 Å². The zero-order valence-electron chi connectivity index (χ0n) is 12.7. The van der Waals surface area contributed by atoms with Crippen LogP contribution in [0.2, 0.25) is 5.02 Å². The van der Waals surface area contributed by atoms with Crippen molar-refractivity contribution in [3.8, 4) is 5.75 Å². The highest BCUT2D eigenvalue weighted by molar-refractivity contribution is 6.30. The number of nitrogens with one attached hydrogen (secondary N) is 1. The van der Waals surface area contributed by atoms with E-state index in [1.165, 1.54) is 0 Å². The summed E-state index contributed by atoms with van der Waals surface area (Å²) in [4.78, 5) is 0. The normalized spacial score (nSPS) is 12.3. The Kier molecular flexibility index (Phi) is 6.19. The highest BCUT2D eigenvalue weighted by atomic mass is 35.5. The van der Waals surface area contributed by atoms with Crippen LogP contribution in [0.5, 0.6) is 5.75 Å². The van der Waals surface area contributed by atoms with Crippen LogP contribution in [-0.2, 0) is 13.0 Å². The number of anilines is 1. The van der Waals surface area contributed by atoms with E-state index in [1.807, 2.05) is 0 Å². The van der Waals surface area contributed by atoms with Crippen molar-refractivity contribution in [1.29, 1.82) is 0 Å². The molecule has 0 aromatic heterocycles. The second-order valence-corrected chi connectivity index (χ2v) is 5.57. The van der Waals surface area contributed by atoms with Gasteiger partial charge in [0.25, 0.3) is 6.43 Å². The Balaban J connectivity index is 2.15. The molecule has 0 aliphatic rings. The van der Waals surface area contributed by atoms with Gasteiger partial charge in [-0.25, -0.2) is 8.78 Å². The van der Waals surface area contributed by atoms with E-state index in [4.69, 9.17) is 22.1 Å². The van der Waals surface area contributed by atoms with E-state index >= 15 is 0 Å². The lowest BCUT2D eigenvalue weighted by atomic mass is 10.00. The van der Waals surface area contributed by atoms with Gasteiger partial charge in [0.15, 0.2) is 0 Å². The van der Waals surface area contributed by atoms with Crippen molar-refractivity contribution in [2.75, 3.05) is 12.4 Å². The van der Waals surface area contributed by atoms with Crippen molar-refractivity contribution < 1.29 is 13.5 Å². The second kappa shape index (κ2) is 8.13. The topological polar surface area (TPSA) is 47.3 Å². The summed E-state index contributed by atoms with van der Waals surface area (Å²) >= 11 is 5.92. The molecule has 0 fully saturated rings. The van der Waals surface area contributed by atoms with E-state index in [1.54, 1.807) is 49.6 Å². The second-order valence-electron chi connectivity index (χ2n) is 5.14. The molecule has 6 heteroatoms. The first-order chi connectivity index (χ1) is 11.0. The summed E-state index contributed by atoms with van der Waals surface area (Å²) in [6, 6.07) is 11.0. The molecule has 0 radical (unpaired) electrons. The van der Waals surface area contributed by atoms with Crippen LogP contribution in [0.15, 0.2) is 42.5 Å². The van der Waals surface area contributed by atoms with E-state index in [2.05, 4.69) is 5.32 Å². The molecule has 0 saturated carbocycles. The van der Waals surface area contributed by atoms with Gasteiger partial charge in [-0.3, -0.25) is 0 Å². The van der Waals surface area contributed by atoms with Gasteiger partial charge >= 0.3 is 0 Å². The smallest absolute Gasteiger partial charge is 0.258 e. The maximum Gasteiger partial charge on any atom is 0.258 e. The molecule has 0 spiro atoms. The molecule has 0 amide bonds. The molecule has 23 heavy (non-hydrogen) atoms. The van der Waals surface area contributed by atoms with Gasteiger partial charge in [-0.05, 0) is 53.9 Å². The van der Waals surface area contributed by atoms with Gasteiger partial charge in [0.05, 0.1) is 13.2 Å². The summed E-state index contributed by atoms with van der Waals surface area (Å²) in [7, 11) is 1.55. The molecule has 1 atom stereocenters. The maximum absolute atomic E-state index is 13.4. The minimum absolute atomic E-state index is 0.160. The lowest BCUT2D eigenvalue weighted by Gasteiger charge is -2.21. The number of halogens is 3. The summed E-state index contributed by atoms with van der Waals surface area (Å²) in [6.07, 6.45) is -2.36. The fourth-order valence-corrected chi connectivity index (χ4v) is 2.52. The van der Waals surface area contributed by atoms with Gasteiger partial charge in [-0.2, -0.15) is 0 Å². The number of hydrogen-bond acceptors (Lipinski definition) is 3. The van der Waals surface area contributed by atoms with Crippen molar-refractivity contribution in [3.63, 3.8) is 0 Å². The summed E-state index contributed by atoms with van der Waals surface area (Å²) in [6.45, 7) is 0.258. The fourth-order valence-electron chi connectivity index (χ4n) is 2.33. The van der Waals surface area contributed by atoms with Gasteiger partial charge in [-0.1, -0.05) is 17.7 Å². The highest BCUT2D eigenvalue weighted by Crippen LogP contribution is 2.22. The van der Waals surface area contributed by atoms with Gasteiger partial charge in [0, 0.05) is 17.3 Å². The summed E-state index contributed by atoms with van der Waals surface area (Å²) < 4.78 is 31.8. The van der Waals surface area contributed by atoms with Crippen LogP contribution in [0.4, 0.5) is 14.5 Å². The first kappa shape index (κ1) is 17.5. The van der Waals surface area contributed by atoms with Crippen LogP contribution < -0.4 is 15.8 Å². The van der Waals surface area contributed by atoms with Crippen molar-refractivity contribution in [2.24, 2.45) is 5.73 Å². The molecule has 0 saturated heterocycles. The Morgan fingerprint density at radius 3 is 2.39 bits per heavy atom. The largest absolute Gasteiger partial charge is 0.497 e. The number of benzene rings is 2. The van der Waals surface area contributed by atoms with E-state index < -0.39 is 12.5 Å². The molecular weight excluding hydrogens is 322 g/mol. The van der Waals surface area contributed by atoms with Crippen LogP contribution in [0, 0.1) is 0 Å². The van der Waals surface area contributed by atoms with Crippen LogP contribution in [0.3, 0.4) is 0 Å². The number of hydrogen-bond donors (Lipinski definition) is 2. The minimum Gasteiger partial charge on any atom is -0.497 e. The van der Waals surface area contributed by atoms with Gasteiger partial charge in [-0.15, -0.1) is 0 Å². The first-order valence-electron chi connectivity index (χ1n) is 7.19. The fraction of sp³-hybridized carbons (Fsp3) is 0.294. The van der Waals surface area contributed by atoms with Crippen LogP contribution >= 0.6 is 11.6 Å². The molecule has 124 valence electrons. The molecule has 3 nitrogen and oxygen atoms in total. The van der Waals surface area contributed by atoms with E-state index in [0.29, 0.717) is 16.5 Å². The Hall–Kier alpha value is -1.85. The monoisotopic (exact) mass is 340 g/mol. The van der Waals surface area contributed by atoms with E-state index in [9.17, 15) is 8.78 Å². The molecule has 0 aliphatic heterocycles. The first-order valence-corrected chi connectivity index (χ1v) is 7.57. The average molecular weight is 341 g/mol. The SMILES string of the molecule is COc1ccc(NC(Cc2ccc(Cl)cc2CN)C(F)F)cc1. The van der Waals surface area contributed by atoms with E-state index in [-0.39, 0.29) is 13.0 Å². The quantitative estimate of drug-likeness (QED) is 0.798. The van der Waals surface area contributed by atoms with Gasteiger partial charge in [0.2, 0.25) is 0 Å². The Morgan fingerprint density at radius 1 is 1.13 bits per heavy atom. The lowest BCUT2D eigenvalue weighted by molar-refractivity contribution is 0.124. The summed E-state index contributed by atoms with van der Waals surface area (Å²) in [5.41, 5.74) is 7.83. The van der Waals surface area contributed by atoms with Gasteiger partial charge < -0.3 is 15.8 Å². The summed E-state index contributed by atoms with van der Waals surface area (Å²) in [5, 5.41) is 3.41. The molecular formula is C17H19ClF2N2O. The molecule has 0 heterocycles. The minimum atomic E-state index is -2.52.